The smallest absolute Gasteiger partial charge is 0.306 e. The predicted octanol–water partition coefficient (Wildman–Crippen LogP) is -2.17. The van der Waals surface area contributed by atoms with Gasteiger partial charge >= 0.3 is 11.5 Å². The molecule has 14 nitrogen and oxygen atoms in total. The van der Waals surface area contributed by atoms with Crippen molar-refractivity contribution in [2.45, 2.75) is 24.2 Å². The lowest BCUT2D eigenvalue weighted by molar-refractivity contribution is -0.264. The number of aliphatic hydroxyl groups is 3. The minimum Gasteiger partial charge on any atom is -0.394 e. The lowest BCUT2D eigenvalue weighted by Crippen LogP contribution is -2.48. The van der Waals surface area contributed by atoms with E-state index in [4.69, 9.17) is 20.7 Å². The predicted molar refractivity (Wildman–Crippen MR) is 79.7 cm³/mol. The minimum absolute atomic E-state index is 0.137. The molecule has 0 radical (unpaired) electrons. The fourth-order valence-corrected chi connectivity index (χ4v) is 2.71. The summed E-state index contributed by atoms with van der Waals surface area (Å²) >= 11 is 0. The molecule has 0 unspecified atom stereocenters. The SMILES string of the molecule is CO[C@@]1(O)[C@H](O)[C@@H](CO)O[C@H]1n1cnc2c(=O)nc(N)n(N=[N+]=[N-])c21. The number of aromatic nitrogens is 4. The third-order valence-electron chi connectivity index (χ3n) is 3.93. The average molecular weight is 354 g/mol. The van der Waals surface area contributed by atoms with Crippen LogP contribution in [0.4, 0.5) is 5.95 Å². The van der Waals surface area contributed by atoms with Crippen LogP contribution in [-0.2, 0) is 9.47 Å². The van der Waals surface area contributed by atoms with Crippen LogP contribution in [0.15, 0.2) is 16.3 Å². The second kappa shape index (κ2) is 5.96. The molecule has 25 heavy (non-hydrogen) atoms. The maximum atomic E-state index is 12.0. The van der Waals surface area contributed by atoms with Gasteiger partial charge in [-0.1, -0.05) is 0 Å². The monoisotopic (exact) mass is 354 g/mol. The van der Waals surface area contributed by atoms with Gasteiger partial charge in [0.05, 0.1) is 6.61 Å². The quantitative estimate of drug-likeness (QED) is 0.203. The van der Waals surface area contributed by atoms with Crippen LogP contribution < -0.4 is 11.3 Å². The number of nitrogens with zero attached hydrogens (tertiary/aromatic N) is 7. The molecular weight excluding hydrogens is 340 g/mol. The Morgan fingerprint density at radius 1 is 1.64 bits per heavy atom. The van der Waals surface area contributed by atoms with Crippen LogP contribution in [0.5, 0.6) is 0 Å². The minimum atomic E-state index is -2.28. The standard InChI is InChI=1S/C11H14N8O6/c1-24-11(23)6(21)4(2-20)25-9(11)18-3-14-5-7(22)15-10(12)19(8(5)18)17-16-13/h3-4,6,9,20-21,23H,2H2,1H3,(H2,12,15,22)/t4-,6-,9-,11+/m1/s1. The van der Waals surface area contributed by atoms with Crippen LogP contribution in [0.3, 0.4) is 0 Å². The van der Waals surface area contributed by atoms with Gasteiger partial charge in [-0.2, -0.15) is 9.90 Å². The molecule has 1 aliphatic heterocycles. The zero-order valence-electron chi connectivity index (χ0n) is 12.8. The van der Waals surface area contributed by atoms with Gasteiger partial charge in [0.15, 0.2) is 11.7 Å². The number of aliphatic hydroxyl groups excluding tert-OH is 2. The summed E-state index contributed by atoms with van der Waals surface area (Å²) in [6.45, 7) is -0.608. The molecule has 4 atom stereocenters. The summed E-state index contributed by atoms with van der Waals surface area (Å²) in [5, 5.41) is 33.4. The second-order valence-corrected chi connectivity index (χ2v) is 5.20. The summed E-state index contributed by atoms with van der Waals surface area (Å²) in [4.78, 5) is 21.9. The first-order chi connectivity index (χ1) is 11.9. The third kappa shape index (κ3) is 2.32. The Morgan fingerprint density at radius 3 is 2.96 bits per heavy atom. The first kappa shape index (κ1) is 17.1. The van der Waals surface area contributed by atoms with Crippen molar-refractivity contribution < 1.29 is 24.8 Å². The maximum Gasteiger partial charge on any atom is 0.306 e. The lowest BCUT2D eigenvalue weighted by Gasteiger charge is -2.29. The molecule has 14 heteroatoms. The number of rotatable bonds is 4. The third-order valence-corrected chi connectivity index (χ3v) is 3.93. The van der Waals surface area contributed by atoms with E-state index in [1.165, 1.54) is 0 Å². The van der Waals surface area contributed by atoms with Crippen LogP contribution in [0, 0.1) is 0 Å². The first-order valence-corrected chi connectivity index (χ1v) is 6.91. The van der Waals surface area contributed by atoms with Gasteiger partial charge in [0.1, 0.15) is 18.5 Å². The van der Waals surface area contributed by atoms with E-state index in [0.29, 0.717) is 0 Å². The van der Waals surface area contributed by atoms with Gasteiger partial charge in [0.25, 0.3) is 0 Å². The number of nitrogen functional groups attached to an aromatic ring is 1. The van der Waals surface area contributed by atoms with Gasteiger partial charge < -0.3 is 30.5 Å². The highest BCUT2D eigenvalue weighted by Crippen LogP contribution is 2.40. The summed E-state index contributed by atoms with van der Waals surface area (Å²) in [5.41, 5.74) is 13.2. The number of methoxy groups -OCH3 is 1. The Bertz CT molecular complexity index is 919. The molecule has 0 bridgehead atoms. The van der Waals surface area contributed by atoms with Crippen LogP contribution in [0.2, 0.25) is 0 Å². The van der Waals surface area contributed by atoms with Crippen molar-refractivity contribution in [1.29, 1.82) is 0 Å². The molecule has 1 aliphatic rings. The molecule has 0 aliphatic carbocycles. The molecule has 5 N–H and O–H groups in total. The van der Waals surface area contributed by atoms with Crippen molar-refractivity contribution in [3.05, 3.63) is 27.1 Å². The second-order valence-electron chi connectivity index (χ2n) is 5.20. The number of hydrogen-bond acceptors (Lipinski definition) is 10. The normalized spacial score (nSPS) is 29.0. The molecule has 1 saturated heterocycles. The Morgan fingerprint density at radius 2 is 2.36 bits per heavy atom. The maximum absolute atomic E-state index is 12.0. The number of hydrogen-bond donors (Lipinski definition) is 4. The van der Waals surface area contributed by atoms with E-state index >= 15 is 0 Å². The number of imidazole rings is 1. The number of ether oxygens (including phenoxy) is 2. The van der Waals surface area contributed by atoms with Crippen molar-refractivity contribution in [3.8, 4) is 0 Å². The molecule has 134 valence electrons. The van der Waals surface area contributed by atoms with Crippen LogP contribution in [0.1, 0.15) is 6.23 Å². The van der Waals surface area contributed by atoms with Crippen molar-refractivity contribution in [3.63, 3.8) is 0 Å². The summed E-state index contributed by atoms with van der Waals surface area (Å²) in [5.74, 6) is -2.70. The van der Waals surface area contributed by atoms with E-state index in [9.17, 15) is 20.1 Å². The summed E-state index contributed by atoms with van der Waals surface area (Å²) in [6, 6.07) is 0. The Labute approximate surface area is 138 Å². The average Bonchev–Trinajstić information content (AvgIpc) is 3.13. The zero-order valence-corrected chi connectivity index (χ0v) is 12.8. The van der Waals surface area contributed by atoms with Crippen LogP contribution >= 0.6 is 0 Å². The molecule has 0 amide bonds. The summed E-state index contributed by atoms with van der Waals surface area (Å²) < 4.78 is 12.3. The van der Waals surface area contributed by atoms with Crippen molar-refractivity contribution in [2.75, 3.05) is 19.5 Å². The van der Waals surface area contributed by atoms with Gasteiger partial charge in [0.2, 0.25) is 11.4 Å². The van der Waals surface area contributed by atoms with Gasteiger partial charge in [-0.25, -0.2) is 4.98 Å². The van der Waals surface area contributed by atoms with Gasteiger partial charge in [-0.3, -0.25) is 9.36 Å². The molecule has 3 heterocycles. The van der Waals surface area contributed by atoms with Crippen molar-refractivity contribution in [1.82, 2.24) is 19.2 Å². The van der Waals surface area contributed by atoms with Gasteiger partial charge in [-0.05, 0) is 5.22 Å². The van der Waals surface area contributed by atoms with E-state index in [0.717, 1.165) is 22.7 Å². The highest BCUT2D eigenvalue weighted by molar-refractivity contribution is 5.71. The van der Waals surface area contributed by atoms with E-state index in [2.05, 4.69) is 20.1 Å². The van der Waals surface area contributed by atoms with E-state index in [1.807, 2.05) is 0 Å². The number of fused-ring (bicyclic) bond motifs is 1. The Hall–Kier alpha value is -2.74. The molecule has 3 rings (SSSR count). The summed E-state index contributed by atoms with van der Waals surface area (Å²) in [6.07, 6.45) is -3.12. The molecule has 2 aromatic heterocycles. The number of nitrogens with two attached hydrogens (primary N) is 1. The van der Waals surface area contributed by atoms with Crippen LogP contribution in [0.25, 0.3) is 21.6 Å². The fraction of sp³-hybridized carbons (Fsp3) is 0.545. The van der Waals surface area contributed by atoms with Crippen molar-refractivity contribution in [2.24, 2.45) is 5.22 Å². The number of azide groups is 1. The zero-order chi connectivity index (χ0) is 18.4. The molecule has 0 aromatic carbocycles. The first-order valence-electron chi connectivity index (χ1n) is 6.91. The fourth-order valence-electron chi connectivity index (χ4n) is 2.71. The molecule has 1 fully saturated rings. The lowest BCUT2D eigenvalue weighted by atomic mass is 10.1. The summed E-state index contributed by atoms with van der Waals surface area (Å²) in [7, 11) is 1.12. The van der Waals surface area contributed by atoms with Crippen LogP contribution in [-0.4, -0.2) is 66.2 Å². The molecule has 0 spiro atoms. The van der Waals surface area contributed by atoms with E-state index < -0.39 is 42.3 Å². The Balaban J connectivity index is 2.29. The van der Waals surface area contributed by atoms with Gasteiger partial charge in [0, 0.05) is 7.11 Å². The highest BCUT2D eigenvalue weighted by atomic mass is 16.7. The molecular formula is C11H14N8O6. The largest absolute Gasteiger partial charge is 0.394 e. The Kier molecular flexibility index (Phi) is 4.08. The van der Waals surface area contributed by atoms with E-state index in [-0.39, 0.29) is 11.2 Å². The highest BCUT2D eigenvalue weighted by Gasteiger charge is 2.57. The molecule has 0 saturated carbocycles. The van der Waals surface area contributed by atoms with Crippen molar-refractivity contribution >= 4 is 17.1 Å². The molecule has 2 aromatic rings. The number of anilines is 1. The topological polar surface area (TPSA) is 207 Å². The van der Waals surface area contributed by atoms with Gasteiger partial charge in [-0.15, -0.1) is 10.2 Å². The van der Waals surface area contributed by atoms with E-state index in [1.54, 1.807) is 0 Å².